The maximum absolute atomic E-state index is 6.36. The number of nitrogens with one attached hydrogen (secondary N) is 1. The lowest BCUT2D eigenvalue weighted by Crippen LogP contribution is -2.00. The molecule has 3 aromatic carbocycles. The first kappa shape index (κ1) is 21.7. The summed E-state index contributed by atoms with van der Waals surface area (Å²) in [5.74, 6) is 2.65. The number of nitrogens with zero attached hydrogens (tertiary/aromatic N) is 3. The zero-order chi connectivity index (χ0) is 23.5. The molecule has 5 aromatic rings. The number of methoxy groups -OCH3 is 2. The molecule has 168 valence electrons. The van der Waals surface area contributed by atoms with E-state index in [-0.39, 0.29) is 0 Å². The van der Waals surface area contributed by atoms with Crippen LogP contribution in [0.2, 0.25) is 5.02 Å². The molecule has 6 nitrogen and oxygen atoms in total. The first-order valence-corrected chi connectivity index (χ1v) is 11.0. The first-order valence-electron chi connectivity index (χ1n) is 10.6. The summed E-state index contributed by atoms with van der Waals surface area (Å²) in [7, 11) is 3.25. The lowest BCUT2D eigenvalue weighted by Gasteiger charge is -2.13. The van der Waals surface area contributed by atoms with Crippen LogP contribution in [0.1, 0.15) is 0 Å². The van der Waals surface area contributed by atoms with E-state index in [2.05, 4.69) is 16.4 Å². The summed E-state index contributed by atoms with van der Waals surface area (Å²) >= 11 is 6.36. The fourth-order valence-corrected chi connectivity index (χ4v) is 3.97. The number of anilines is 2. The van der Waals surface area contributed by atoms with Gasteiger partial charge in [-0.3, -0.25) is 4.98 Å². The van der Waals surface area contributed by atoms with Gasteiger partial charge in [-0.1, -0.05) is 29.8 Å². The molecule has 2 heterocycles. The molecule has 0 atom stereocenters. The third-order valence-corrected chi connectivity index (χ3v) is 5.73. The minimum absolute atomic E-state index is 0.510. The summed E-state index contributed by atoms with van der Waals surface area (Å²) < 4.78 is 10.7. The zero-order valence-electron chi connectivity index (χ0n) is 18.6. The number of rotatable bonds is 6. The summed E-state index contributed by atoms with van der Waals surface area (Å²) in [6, 6.07) is 23.4. The van der Waals surface area contributed by atoms with Gasteiger partial charge in [-0.2, -0.15) is 0 Å². The molecule has 0 saturated carbocycles. The minimum atomic E-state index is 0.510. The normalized spacial score (nSPS) is 10.8. The van der Waals surface area contributed by atoms with Crippen molar-refractivity contribution in [1.82, 2.24) is 15.0 Å². The molecular formula is C27H21ClN4O2. The maximum atomic E-state index is 6.36. The lowest BCUT2D eigenvalue weighted by molar-refractivity contribution is 0.415. The fourth-order valence-electron chi connectivity index (χ4n) is 3.71. The van der Waals surface area contributed by atoms with Crippen molar-refractivity contribution in [1.29, 1.82) is 0 Å². The van der Waals surface area contributed by atoms with Crippen molar-refractivity contribution in [2.75, 3.05) is 19.5 Å². The van der Waals surface area contributed by atoms with Gasteiger partial charge in [-0.05, 0) is 65.7 Å². The van der Waals surface area contributed by atoms with E-state index in [0.29, 0.717) is 22.4 Å². The van der Waals surface area contributed by atoms with Crippen molar-refractivity contribution in [3.8, 4) is 34.0 Å². The van der Waals surface area contributed by atoms with Crippen molar-refractivity contribution in [2.45, 2.75) is 0 Å². The summed E-state index contributed by atoms with van der Waals surface area (Å²) in [4.78, 5) is 13.9. The predicted molar refractivity (Wildman–Crippen MR) is 136 cm³/mol. The molecule has 0 fully saturated rings. The first-order chi connectivity index (χ1) is 16.6. The summed E-state index contributed by atoms with van der Waals surface area (Å²) in [5, 5.41) is 4.80. The highest BCUT2D eigenvalue weighted by Gasteiger charge is 2.13. The molecule has 0 saturated heterocycles. The third kappa shape index (κ3) is 4.36. The Hall–Kier alpha value is -4.16. The van der Waals surface area contributed by atoms with Gasteiger partial charge in [-0.25, -0.2) is 9.97 Å². The van der Waals surface area contributed by atoms with Crippen LogP contribution in [-0.4, -0.2) is 29.2 Å². The quantitative estimate of drug-likeness (QED) is 0.296. The Kier molecular flexibility index (Phi) is 5.97. The molecule has 0 aliphatic heterocycles. The minimum Gasteiger partial charge on any atom is -0.497 e. The number of ether oxygens (including phenoxy) is 2. The van der Waals surface area contributed by atoms with Gasteiger partial charge in [0.2, 0.25) is 0 Å². The van der Waals surface area contributed by atoms with Gasteiger partial charge >= 0.3 is 0 Å². The van der Waals surface area contributed by atoms with Gasteiger partial charge in [0.05, 0.1) is 24.8 Å². The van der Waals surface area contributed by atoms with E-state index in [0.717, 1.165) is 39.0 Å². The van der Waals surface area contributed by atoms with Crippen LogP contribution in [0.25, 0.3) is 33.4 Å². The van der Waals surface area contributed by atoms with Gasteiger partial charge in [0.15, 0.2) is 5.82 Å². The van der Waals surface area contributed by atoms with Crippen LogP contribution >= 0.6 is 11.6 Å². The summed E-state index contributed by atoms with van der Waals surface area (Å²) in [6.45, 7) is 0. The Morgan fingerprint density at radius 3 is 2.41 bits per heavy atom. The number of hydrogen-bond donors (Lipinski definition) is 1. The Balaban J connectivity index is 1.66. The van der Waals surface area contributed by atoms with E-state index in [1.807, 2.05) is 66.7 Å². The van der Waals surface area contributed by atoms with Crippen molar-refractivity contribution < 1.29 is 9.47 Å². The van der Waals surface area contributed by atoms with Gasteiger partial charge in [0.1, 0.15) is 17.3 Å². The van der Waals surface area contributed by atoms with Crippen molar-refractivity contribution >= 4 is 34.0 Å². The molecular weight excluding hydrogens is 448 g/mol. The molecule has 0 aliphatic rings. The summed E-state index contributed by atoms with van der Waals surface area (Å²) in [5.41, 5.74) is 4.49. The fraction of sp³-hybridized carbons (Fsp3) is 0.0741. The van der Waals surface area contributed by atoms with Crippen LogP contribution in [0.15, 0.2) is 85.2 Å². The molecule has 7 heteroatoms. The highest BCUT2D eigenvalue weighted by molar-refractivity contribution is 6.32. The highest BCUT2D eigenvalue weighted by Crippen LogP contribution is 2.34. The summed E-state index contributed by atoms with van der Waals surface area (Å²) in [6.07, 6.45) is 3.48. The zero-order valence-corrected chi connectivity index (χ0v) is 19.4. The monoisotopic (exact) mass is 468 g/mol. The molecule has 1 N–H and O–H groups in total. The highest BCUT2D eigenvalue weighted by atomic mass is 35.5. The van der Waals surface area contributed by atoms with Crippen LogP contribution in [0.4, 0.5) is 11.5 Å². The number of aromatic nitrogens is 3. The second kappa shape index (κ2) is 9.37. The van der Waals surface area contributed by atoms with Crippen LogP contribution in [0.5, 0.6) is 11.5 Å². The molecule has 34 heavy (non-hydrogen) atoms. The van der Waals surface area contributed by atoms with Crippen molar-refractivity contribution in [3.63, 3.8) is 0 Å². The van der Waals surface area contributed by atoms with E-state index >= 15 is 0 Å². The van der Waals surface area contributed by atoms with Gasteiger partial charge in [-0.15, -0.1) is 0 Å². The van der Waals surface area contributed by atoms with Crippen LogP contribution < -0.4 is 14.8 Å². The molecule has 0 unspecified atom stereocenters. The largest absolute Gasteiger partial charge is 0.497 e. The van der Waals surface area contributed by atoms with Gasteiger partial charge < -0.3 is 14.8 Å². The number of benzene rings is 3. The molecule has 0 bridgehead atoms. The van der Waals surface area contributed by atoms with E-state index in [9.17, 15) is 0 Å². The van der Waals surface area contributed by atoms with Crippen molar-refractivity contribution in [2.24, 2.45) is 0 Å². The SMILES string of the molecule is COc1cccc(-c2ccc3nc(-c4cccnc4)nc(Nc4ccc(OC)c(Cl)c4)c3c2)c1. The molecule has 0 spiro atoms. The average Bonchev–Trinajstić information content (AvgIpc) is 2.89. The van der Waals surface area contributed by atoms with Crippen LogP contribution in [-0.2, 0) is 0 Å². The Bertz CT molecular complexity index is 1470. The average molecular weight is 469 g/mol. The molecule has 5 rings (SSSR count). The number of halogens is 1. The second-order valence-electron chi connectivity index (χ2n) is 7.58. The molecule has 2 aromatic heterocycles. The molecule has 0 radical (unpaired) electrons. The van der Waals surface area contributed by atoms with E-state index in [1.165, 1.54) is 0 Å². The van der Waals surface area contributed by atoms with E-state index in [4.69, 9.17) is 31.0 Å². The molecule has 0 amide bonds. The number of hydrogen-bond acceptors (Lipinski definition) is 6. The van der Waals surface area contributed by atoms with Crippen LogP contribution in [0.3, 0.4) is 0 Å². The van der Waals surface area contributed by atoms with E-state index < -0.39 is 0 Å². The predicted octanol–water partition coefficient (Wildman–Crippen LogP) is 6.77. The second-order valence-corrected chi connectivity index (χ2v) is 7.98. The van der Waals surface area contributed by atoms with Gasteiger partial charge in [0, 0.05) is 29.0 Å². The third-order valence-electron chi connectivity index (χ3n) is 5.43. The number of fused-ring (bicyclic) bond motifs is 1. The van der Waals surface area contributed by atoms with Crippen LogP contribution in [0, 0.1) is 0 Å². The molecule has 0 aliphatic carbocycles. The van der Waals surface area contributed by atoms with Crippen molar-refractivity contribution in [3.05, 3.63) is 90.2 Å². The smallest absolute Gasteiger partial charge is 0.163 e. The Morgan fingerprint density at radius 2 is 1.65 bits per heavy atom. The van der Waals surface area contributed by atoms with Gasteiger partial charge in [0.25, 0.3) is 0 Å². The number of pyridine rings is 1. The topological polar surface area (TPSA) is 69.2 Å². The Morgan fingerprint density at radius 1 is 0.794 bits per heavy atom. The standard InChI is InChI=1S/C27H21ClN4O2/c1-33-21-7-3-5-17(13-21)18-8-10-24-22(14-18)27(30-20-9-11-25(34-2)23(28)15-20)32-26(31-24)19-6-4-12-29-16-19/h3-16H,1-2H3,(H,30,31,32). The lowest BCUT2D eigenvalue weighted by atomic mass is 10.0. The maximum Gasteiger partial charge on any atom is 0.163 e. The Labute approximate surface area is 202 Å². The van der Waals surface area contributed by atoms with E-state index in [1.54, 1.807) is 26.6 Å².